The number of benzene rings is 1. The summed E-state index contributed by atoms with van der Waals surface area (Å²) in [4.78, 5) is 1.98. The molecule has 0 aliphatic carbocycles. The summed E-state index contributed by atoms with van der Waals surface area (Å²) in [6.45, 7) is 2.77. The van der Waals surface area contributed by atoms with Gasteiger partial charge in [0.1, 0.15) is 0 Å². The molecule has 0 saturated carbocycles. The van der Waals surface area contributed by atoms with E-state index in [0.29, 0.717) is 30.8 Å². The second-order valence-corrected chi connectivity index (χ2v) is 5.44. The Bertz CT molecular complexity index is 644. The molecule has 1 aliphatic rings. The average Bonchev–Trinajstić information content (AvgIpc) is 3.00. The van der Waals surface area contributed by atoms with Crippen LogP contribution >= 0.6 is 0 Å². The molecular formula is C15H16F2N2O2. The molecule has 2 aromatic rings. The highest BCUT2D eigenvalue weighted by Gasteiger charge is 2.33. The van der Waals surface area contributed by atoms with Crippen molar-refractivity contribution in [3.8, 4) is 0 Å². The van der Waals surface area contributed by atoms with Crippen LogP contribution in [-0.4, -0.2) is 27.8 Å². The summed E-state index contributed by atoms with van der Waals surface area (Å²) >= 11 is 0. The third kappa shape index (κ3) is 2.96. The van der Waals surface area contributed by atoms with Crippen LogP contribution in [0.15, 0.2) is 28.8 Å². The Morgan fingerprint density at radius 2 is 2.14 bits per heavy atom. The largest absolute Gasteiger partial charge is 0.392 e. The molecule has 1 aromatic heterocycles. The molecule has 0 radical (unpaired) electrons. The number of hydrogen-bond donors (Lipinski definition) is 1. The van der Waals surface area contributed by atoms with Crippen LogP contribution in [0.2, 0.25) is 0 Å². The van der Waals surface area contributed by atoms with Crippen molar-refractivity contribution in [3.63, 3.8) is 0 Å². The van der Waals surface area contributed by atoms with Crippen molar-refractivity contribution < 1.29 is 18.4 Å². The molecule has 0 spiro atoms. The Morgan fingerprint density at radius 3 is 2.81 bits per heavy atom. The number of hydrogen-bond acceptors (Lipinski definition) is 4. The third-order valence-corrected chi connectivity index (χ3v) is 3.75. The average molecular weight is 294 g/mol. The van der Waals surface area contributed by atoms with Gasteiger partial charge in [-0.2, -0.15) is 0 Å². The van der Waals surface area contributed by atoms with E-state index < -0.39 is 17.7 Å². The molecule has 1 saturated heterocycles. The Hall–Kier alpha value is -1.79. The van der Waals surface area contributed by atoms with E-state index in [1.54, 1.807) is 6.07 Å². The summed E-state index contributed by atoms with van der Waals surface area (Å²) in [6, 6.07) is 5.52. The number of aliphatic hydroxyl groups excluding tert-OH is 1. The quantitative estimate of drug-likeness (QED) is 0.945. The highest BCUT2D eigenvalue weighted by Crippen LogP contribution is 2.34. The SMILES string of the molecule is Cc1cc(CN2C[C@@H](O)C[C@@H]2c2ccc(F)c(F)c2)on1. The van der Waals surface area contributed by atoms with Gasteiger partial charge < -0.3 is 9.63 Å². The molecule has 1 aliphatic heterocycles. The Morgan fingerprint density at radius 1 is 1.33 bits per heavy atom. The van der Waals surface area contributed by atoms with E-state index >= 15 is 0 Å². The van der Waals surface area contributed by atoms with E-state index in [4.69, 9.17) is 4.52 Å². The summed E-state index contributed by atoms with van der Waals surface area (Å²) in [5.74, 6) is -1.05. The van der Waals surface area contributed by atoms with Gasteiger partial charge >= 0.3 is 0 Å². The molecule has 2 heterocycles. The van der Waals surface area contributed by atoms with Crippen molar-refractivity contribution in [1.29, 1.82) is 0 Å². The van der Waals surface area contributed by atoms with E-state index in [2.05, 4.69) is 5.16 Å². The van der Waals surface area contributed by atoms with Gasteiger partial charge in [0.25, 0.3) is 0 Å². The second-order valence-electron chi connectivity index (χ2n) is 5.44. The smallest absolute Gasteiger partial charge is 0.159 e. The lowest BCUT2D eigenvalue weighted by atomic mass is 10.0. The number of β-amino-alcohol motifs (C(OH)–C–C–N with tert-alkyl or cyclic N) is 1. The number of aromatic nitrogens is 1. The van der Waals surface area contributed by atoms with Crippen LogP contribution < -0.4 is 0 Å². The van der Waals surface area contributed by atoms with Gasteiger partial charge in [-0.3, -0.25) is 4.90 Å². The van der Waals surface area contributed by atoms with Gasteiger partial charge in [-0.25, -0.2) is 8.78 Å². The monoisotopic (exact) mass is 294 g/mol. The number of rotatable bonds is 3. The van der Waals surface area contributed by atoms with Crippen molar-refractivity contribution >= 4 is 0 Å². The number of likely N-dealkylation sites (tertiary alicyclic amines) is 1. The highest BCUT2D eigenvalue weighted by molar-refractivity contribution is 5.23. The lowest BCUT2D eigenvalue weighted by Crippen LogP contribution is -2.24. The fourth-order valence-corrected chi connectivity index (χ4v) is 2.81. The predicted molar refractivity (Wildman–Crippen MR) is 71.4 cm³/mol. The standard InChI is InChI=1S/C15H16F2N2O2/c1-9-4-12(21-18-9)8-19-7-11(20)6-15(19)10-2-3-13(16)14(17)5-10/h2-5,11,15,20H,6-8H2,1H3/t11-,15+/m0/s1. The molecule has 6 heteroatoms. The topological polar surface area (TPSA) is 49.5 Å². The van der Waals surface area contributed by atoms with Gasteiger partial charge in [-0.15, -0.1) is 0 Å². The van der Waals surface area contributed by atoms with Gasteiger partial charge in [-0.1, -0.05) is 11.2 Å². The van der Waals surface area contributed by atoms with E-state index in [1.165, 1.54) is 6.07 Å². The fourth-order valence-electron chi connectivity index (χ4n) is 2.81. The molecule has 3 rings (SSSR count). The maximum absolute atomic E-state index is 13.4. The lowest BCUT2D eigenvalue weighted by molar-refractivity contribution is 0.166. The maximum Gasteiger partial charge on any atom is 0.159 e. The zero-order chi connectivity index (χ0) is 15.0. The number of nitrogens with zero attached hydrogens (tertiary/aromatic N) is 2. The minimum absolute atomic E-state index is 0.166. The normalized spacial score (nSPS) is 22.9. The summed E-state index contributed by atoms with van der Waals surface area (Å²) < 4.78 is 31.6. The first-order valence-electron chi connectivity index (χ1n) is 6.82. The van der Waals surface area contributed by atoms with Crippen LogP contribution in [0.5, 0.6) is 0 Å². The first kappa shape index (κ1) is 14.2. The maximum atomic E-state index is 13.4. The molecule has 1 N–H and O–H groups in total. The molecule has 0 amide bonds. The van der Waals surface area contributed by atoms with Gasteiger partial charge in [0.15, 0.2) is 17.4 Å². The molecule has 2 atom stereocenters. The zero-order valence-corrected chi connectivity index (χ0v) is 11.6. The fraction of sp³-hybridized carbons (Fsp3) is 0.400. The Labute approximate surface area is 121 Å². The summed E-state index contributed by atoms with van der Waals surface area (Å²) in [5, 5.41) is 13.7. The summed E-state index contributed by atoms with van der Waals surface area (Å²) in [6.07, 6.45) is -0.00908. The molecule has 112 valence electrons. The van der Waals surface area contributed by atoms with Crippen LogP contribution in [0, 0.1) is 18.6 Å². The summed E-state index contributed by atoms with van der Waals surface area (Å²) in [5.41, 5.74) is 1.44. The highest BCUT2D eigenvalue weighted by atomic mass is 19.2. The molecule has 1 fully saturated rings. The molecular weight excluding hydrogens is 278 g/mol. The molecule has 0 unspecified atom stereocenters. The first-order chi connectivity index (χ1) is 10.0. The molecule has 1 aromatic carbocycles. The van der Waals surface area contributed by atoms with Gasteiger partial charge in [-0.05, 0) is 31.0 Å². The van der Waals surface area contributed by atoms with Gasteiger partial charge in [0, 0.05) is 18.7 Å². The molecule has 0 bridgehead atoms. The van der Waals surface area contributed by atoms with E-state index in [1.807, 2.05) is 17.9 Å². The van der Waals surface area contributed by atoms with Crippen molar-refractivity contribution in [3.05, 3.63) is 52.9 Å². The minimum atomic E-state index is -0.871. The Kier molecular flexibility index (Phi) is 3.73. The minimum Gasteiger partial charge on any atom is -0.392 e. The van der Waals surface area contributed by atoms with Crippen molar-refractivity contribution in [2.45, 2.75) is 32.0 Å². The first-order valence-corrected chi connectivity index (χ1v) is 6.82. The zero-order valence-electron chi connectivity index (χ0n) is 11.6. The number of aliphatic hydroxyl groups is 1. The van der Waals surface area contributed by atoms with Crippen molar-refractivity contribution in [1.82, 2.24) is 10.1 Å². The van der Waals surface area contributed by atoms with E-state index in [9.17, 15) is 13.9 Å². The van der Waals surface area contributed by atoms with Crippen LogP contribution in [0.3, 0.4) is 0 Å². The van der Waals surface area contributed by atoms with Crippen molar-refractivity contribution in [2.75, 3.05) is 6.54 Å². The number of halogens is 2. The predicted octanol–water partition coefficient (Wildman–Crippen LogP) is 2.57. The third-order valence-electron chi connectivity index (χ3n) is 3.75. The lowest BCUT2D eigenvalue weighted by Gasteiger charge is -2.23. The summed E-state index contributed by atoms with van der Waals surface area (Å²) in [7, 11) is 0. The van der Waals surface area contributed by atoms with Crippen LogP contribution in [0.4, 0.5) is 8.78 Å². The molecule has 4 nitrogen and oxygen atoms in total. The van der Waals surface area contributed by atoms with E-state index in [0.717, 1.165) is 11.8 Å². The van der Waals surface area contributed by atoms with Crippen LogP contribution in [0.25, 0.3) is 0 Å². The second kappa shape index (κ2) is 5.54. The Balaban J connectivity index is 1.83. The van der Waals surface area contributed by atoms with Crippen LogP contribution in [-0.2, 0) is 6.54 Å². The number of aryl methyl sites for hydroxylation is 1. The van der Waals surface area contributed by atoms with Gasteiger partial charge in [0.05, 0.1) is 18.3 Å². The van der Waals surface area contributed by atoms with E-state index in [-0.39, 0.29) is 6.04 Å². The van der Waals surface area contributed by atoms with Gasteiger partial charge in [0.2, 0.25) is 0 Å². The van der Waals surface area contributed by atoms with Crippen LogP contribution in [0.1, 0.15) is 29.5 Å². The molecule has 21 heavy (non-hydrogen) atoms. The van der Waals surface area contributed by atoms with Crippen molar-refractivity contribution in [2.24, 2.45) is 0 Å².